The molecule has 0 N–H and O–H groups in total. The molecule has 0 aromatic carbocycles. The summed E-state index contributed by atoms with van der Waals surface area (Å²) in [6.45, 7) is 1.19. The molecule has 6 nitrogen and oxygen atoms in total. The lowest BCUT2D eigenvalue weighted by Gasteiger charge is -2.39. The fourth-order valence-corrected chi connectivity index (χ4v) is 3.22. The van der Waals surface area contributed by atoms with Gasteiger partial charge in [0.2, 0.25) is 0 Å². The maximum Gasteiger partial charge on any atom is 0.422 e. The Hall–Kier alpha value is -2.20. The minimum Gasteiger partial charge on any atom is -0.465 e. The number of aromatic nitrogens is 2. The van der Waals surface area contributed by atoms with Gasteiger partial charge in [-0.05, 0) is 26.7 Å². The number of carbonyl (C=O) groups excluding carboxylic acids is 1. The number of alkyl halides is 5. The molecule has 0 unspecified atom stereocenters. The van der Waals surface area contributed by atoms with Crippen LogP contribution in [0, 0.1) is 0 Å². The first-order valence-corrected chi connectivity index (χ1v) is 8.39. The molecule has 150 valence electrons. The molecule has 3 heterocycles. The molecule has 2 fully saturated rings. The number of halogens is 5. The Morgan fingerprint density at radius 1 is 1.30 bits per heavy atom. The van der Waals surface area contributed by atoms with Crippen LogP contribution < -0.4 is 9.64 Å². The minimum atomic E-state index is -4.64. The molecular formula is C16H19F5N4O2. The third kappa shape index (κ3) is 4.22. The third-order valence-corrected chi connectivity index (χ3v) is 4.60. The first kappa shape index (κ1) is 19.6. The number of rotatable bonds is 4. The van der Waals surface area contributed by atoms with E-state index in [0.717, 1.165) is 23.9 Å². The van der Waals surface area contributed by atoms with Crippen molar-refractivity contribution in [1.29, 1.82) is 0 Å². The second-order valence-corrected chi connectivity index (χ2v) is 7.37. The Morgan fingerprint density at radius 2 is 1.96 bits per heavy atom. The fourth-order valence-electron chi connectivity index (χ4n) is 3.22. The molecule has 11 heteroatoms. The van der Waals surface area contributed by atoms with Gasteiger partial charge in [0.1, 0.15) is 0 Å². The van der Waals surface area contributed by atoms with Crippen molar-refractivity contribution in [2.45, 2.75) is 44.3 Å². The highest BCUT2D eigenvalue weighted by Gasteiger charge is 2.46. The van der Waals surface area contributed by atoms with Crippen LogP contribution in [-0.2, 0) is 0 Å². The summed E-state index contributed by atoms with van der Waals surface area (Å²) >= 11 is 0. The van der Waals surface area contributed by atoms with Crippen LogP contribution in [0.1, 0.15) is 37.2 Å². The van der Waals surface area contributed by atoms with Crippen molar-refractivity contribution in [2.24, 2.45) is 0 Å². The zero-order chi connectivity index (χ0) is 20.0. The number of nitrogens with zero attached hydrogens (tertiary/aromatic N) is 4. The van der Waals surface area contributed by atoms with Gasteiger partial charge >= 0.3 is 6.18 Å². The van der Waals surface area contributed by atoms with Crippen molar-refractivity contribution in [3.8, 4) is 5.88 Å². The molecule has 0 spiro atoms. The van der Waals surface area contributed by atoms with Gasteiger partial charge in [-0.1, -0.05) is 0 Å². The predicted octanol–water partition coefficient (Wildman–Crippen LogP) is 2.89. The van der Waals surface area contributed by atoms with Crippen molar-refractivity contribution in [2.75, 3.05) is 31.1 Å². The number of hydrogen-bond acceptors (Lipinski definition) is 5. The number of anilines is 1. The molecule has 0 aliphatic carbocycles. The van der Waals surface area contributed by atoms with Crippen molar-refractivity contribution < 1.29 is 31.5 Å². The lowest BCUT2D eigenvalue weighted by Crippen LogP contribution is -2.56. The largest absolute Gasteiger partial charge is 0.465 e. The molecular weight excluding hydrogens is 375 g/mol. The molecule has 1 amide bonds. The van der Waals surface area contributed by atoms with Crippen LogP contribution in [0.2, 0.25) is 0 Å². The maximum absolute atomic E-state index is 13.1. The molecule has 0 bridgehead atoms. The van der Waals surface area contributed by atoms with E-state index >= 15 is 0 Å². The summed E-state index contributed by atoms with van der Waals surface area (Å²) in [6, 6.07) is 0. The first-order valence-electron chi connectivity index (χ1n) is 8.39. The highest BCUT2D eigenvalue weighted by atomic mass is 19.4. The zero-order valence-corrected chi connectivity index (χ0v) is 14.8. The topological polar surface area (TPSA) is 58.6 Å². The molecule has 1 aromatic rings. The number of likely N-dealkylation sites (tertiary alicyclic amines) is 1. The highest BCUT2D eigenvalue weighted by molar-refractivity contribution is 5.93. The number of ether oxygens (including phenoxy) is 1. The zero-order valence-electron chi connectivity index (χ0n) is 14.8. The Labute approximate surface area is 152 Å². The van der Waals surface area contributed by atoms with Crippen molar-refractivity contribution in [3.63, 3.8) is 0 Å². The van der Waals surface area contributed by atoms with E-state index < -0.39 is 49.1 Å². The molecule has 3 rings (SSSR count). The van der Waals surface area contributed by atoms with Crippen LogP contribution in [-0.4, -0.2) is 64.7 Å². The van der Waals surface area contributed by atoms with E-state index in [1.807, 2.05) is 13.8 Å². The van der Waals surface area contributed by atoms with E-state index in [2.05, 4.69) is 14.7 Å². The van der Waals surface area contributed by atoms with Crippen LogP contribution in [0.25, 0.3) is 0 Å². The van der Waals surface area contributed by atoms with Gasteiger partial charge in [-0.3, -0.25) is 4.79 Å². The number of hydrogen-bond donors (Lipinski definition) is 0. The smallest absolute Gasteiger partial charge is 0.422 e. The Balaban J connectivity index is 1.87. The van der Waals surface area contributed by atoms with Gasteiger partial charge in [0.05, 0.1) is 19.3 Å². The molecule has 0 saturated carbocycles. The molecule has 2 saturated heterocycles. The van der Waals surface area contributed by atoms with Gasteiger partial charge in [-0.25, -0.2) is 18.7 Å². The minimum absolute atomic E-state index is 0.182. The van der Waals surface area contributed by atoms with Gasteiger partial charge in [0.25, 0.3) is 17.7 Å². The highest BCUT2D eigenvalue weighted by Crippen LogP contribution is 2.36. The Kier molecular flexibility index (Phi) is 4.67. The van der Waals surface area contributed by atoms with Crippen LogP contribution in [0.3, 0.4) is 0 Å². The average Bonchev–Trinajstić information content (AvgIpc) is 2.88. The Bertz CT molecular complexity index is 730. The summed E-state index contributed by atoms with van der Waals surface area (Å²) in [5, 5.41) is 0. The van der Waals surface area contributed by atoms with Crippen molar-refractivity contribution in [1.82, 2.24) is 14.9 Å². The molecule has 27 heavy (non-hydrogen) atoms. The van der Waals surface area contributed by atoms with Crippen molar-refractivity contribution in [3.05, 3.63) is 11.9 Å². The van der Waals surface area contributed by atoms with Gasteiger partial charge in [0, 0.05) is 12.1 Å². The van der Waals surface area contributed by atoms with Crippen molar-refractivity contribution >= 4 is 11.7 Å². The predicted molar refractivity (Wildman–Crippen MR) is 85.1 cm³/mol. The maximum atomic E-state index is 13.1. The van der Waals surface area contributed by atoms with E-state index in [1.54, 1.807) is 4.90 Å². The summed E-state index contributed by atoms with van der Waals surface area (Å²) in [5.41, 5.74) is -0.595. The summed E-state index contributed by atoms with van der Waals surface area (Å²) in [5.74, 6) is -4.24. The van der Waals surface area contributed by atoms with Crippen LogP contribution in [0.15, 0.2) is 6.20 Å². The van der Waals surface area contributed by atoms with Gasteiger partial charge in [0.15, 0.2) is 18.1 Å². The Morgan fingerprint density at radius 3 is 2.48 bits per heavy atom. The lowest BCUT2D eigenvalue weighted by atomic mass is 10.0. The normalized spacial score (nSPS) is 21.1. The fraction of sp³-hybridized carbons (Fsp3) is 0.688. The summed E-state index contributed by atoms with van der Waals surface area (Å²) in [4.78, 5) is 23.1. The average molecular weight is 394 g/mol. The second kappa shape index (κ2) is 6.45. The molecule has 2 aliphatic rings. The van der Waals surface area contributed by atoms with Crippen LogP contribution >= 0.6 is 0 Å². The summed E-state index contributed by atoms with van der Waals surface area (Å²) < 4.78 is 68.4. The molecule has 0 radical (unpaired) electrons. The summed E-state index contributed by atoms with van der Waals surface area (Å²) in [6.07, 6.45) is -1.98. The van der Waals surface area contributed by atoms with E-state index in [9.17, 15) is 26.7 Å². The van der Waals surface area contributed by atoms with E-state index in [-0.39, 0.29) is 11.5 Å². The third-order valence-electron chi connectivity index (χ3n) is 4.60. The van der Waals surface area contributed by atoms with Gasteiger partial charge in [-0.15, -0.1) is 0 Å². The number of amides is 1. The lowest BCUT2D eigenvalue weighted by molar-refractivity contribution is -0.154. The molecule has 2 aliphatic heterocycles. The summed E-state index contributed by atoms with van der Waals surface area (Å²) in [7, 11) is 0. The SMILES string of the molecule is CC1(C)CCCN1C(=O)c1cnc(N2CC(F)(F)C2)c(OCC(F)(F)F)n1. The van der Waals surface area contributed by atoms with Crippen LogP contribution in [0.4, 0.5) is 27.8 Å². The first-order chi connectivity index (χ1) is 12.4. The molecule has 1 aromatic heterocycles. The standard InChI is InChI=1S/C16H19F5N4O2/c1-14(2)4-3-5-25(14)13(26)10-6-22-11(24-7-15(17,18)8-24)12(23-10)27-9-16(19,20)21/h6H,3-5,7-9H2,1-2H3. The second-order valence-electron chi connectivity index (χ2n) is 7.37. The van der Waals surface area contributed by atoms with E-state index in [0.29, 0.717) is 6.54 Å². The van der Waals surface area contributed by atoms with Crippen LogP contribution in [0.5, 0.6) is 5.88 Å². The van der Waals surface area contributed by atoms with E-state index in [1.165, 1.54) is 0 Å². The monoisotopic (exact) mass is 394 g/mol. The number of carbonyl (C=O) groups is 1. The van der Waals surface area contributed by atoms with E-state index in [4.69, 9.17) is 0 Å². The quantitative estimate of drug-likeness (QED) is 0.735. The molecule has 0 atom stereocenters. The van der Waals surface area contributed by atoms with Gasteiger partial charge < -0.3 is 14.5 Å². The van der Waals surface area contributed by atoms with Gasteiger partial charge in [-0.2, -0.15) is 13.2 Å².